The van der Waals surface area contributed by atoms with Crippen LogP contribution in [0.15, 0.2) is 36.4 Å². The standard InChI is InChI=1S/C24H27N3O5/c1-16-14-19(8-10-21(16)27(30)31)24(29)26-12-3-6-22(26)23(28)25-11-13-32-20-9-7-17-4-2-5-18(17)15-20/h7-10,14-15,22H,2-6,11-13H2,1H3,(H,25,28). The number of fused-ring (bicyclic) bond motifs is 1. The average Bonchev–Trinajstić information content (AvgIpc) is 3.45. The molecule has 168 valence electrons. The van der Waals surface area contributed by atoms with Crippen molar-refractivity contribution in [1.82, 2.24) is 10.2 Å². The number of likely N-dealkylation sites (tertiary alicyclic amines) is 1. The van der Waals surface area contributed by atoms with E-state index >= 15 is 0 Å². The van der Waals surface area contributed by atoms with E-state index in [0.717, 1.165) is 25.0 Å². The minimum Gasteiger partial charge on any atom is -0.492 e. The second kappa shape index (κ2) is 9.38. The first-order valence-corrected chi connectivity index (χ1v) is 11.0. The van der Waals surface area contributed by atoms with Crippen molar-refractivity contribution in [2.24, 2.45) is 0 Å². The molecule has 0 saturated carbocycles. The molecular formula is C24H27N3O5. The number of hydrogen-bond acceptors (Lipinski definition) is 5. The maximum absolute atomic E-state index is 13.0. The number of carbonyl (C=O) groups is 2. The molecule has 1 heterocycles. The van der Waals surface area contributed by atoms with Gasteiger partial charge in [0, 0.05) is 23.7 Å². The van der Waals surface area contributed by atoms with Crippen molar-refractivity contribution in [2.45, 2.75) is 45.1 Å². The molecule has 32 heavy (non-hydrogen) atoms. The Morgan fingerprint density at radius 2 is 1.97 bits per heavy atom. The fraction of sp³-hybridized carbons (Fsp3) is 0.417. The van der Waals surface area contributed by atoms with E-state index in [4.69, 9.17) is 4.74 Å². The van der Waals surface area contributed by atoms with E-state index in [1.54, 1.807) is 11.8 Å². The third-order valence-corrected chi connectivity index (χ3v) is 6.20. The average molecular weight is 437 g/mol. The predicted molar refractivity (Wildman–Crippen MR) is 119 cm³/mol. The van der Waals surface area contributed by atoms with Gasteiger partial charge in [-0.1, -0.05) is 6.07 Å². The van der Waals surface area contributed by atoms with Gasteiger partial charge in [-0.05, 0) is 74.4 Å². The van der Waals surface area contributed by atoms with Gasteiger partial charge in [0.25, 0.3) is 11.6 Å². The van der Waals surface area contributed by atoms with Crippen molar-refractivity contribution in [3.05, 3.63) is 68.8 Å². The lowest BCUT2D eigenvalue weighted by Crippen LogP contribution is -2.46. The summed E-state index contributed by atoms with van der Waals surface area (Å²) in [5.41, 5.74) is 3.48. The summed E-state index contributed by atoms with van der Waals surface area (Å²) in [5, 5.41) is 13.9. The highest BCUT2D eigenvalue weighted by Gasteiger charge is 2.34. The topological polar surface area (TPSA) is 102 Å². The number of nitrogens with one attached hydrogen (secondary N) is 1. The minimum atomic E-state index is -0.544. The molecule has 1 aliphatic heterocycles. The Bertz CT molecular complexity index is 1050. The maximum atomic E-state index is 13.0. The van der Waals surface area contributed by atoms with Crippen LogP contribution < -0.4 is 10.1 Å². The summed E-state index contributed by atoms with van der Waals surface area (Å²) in [6.45, 7) is 2.79. The summed E-state index contributed by atoms with van der Waals surface area (Å²) in [6.07, 6.45) is 4.73. The van der Waals surface area contributed by atoms with Crippen molar-refractivity contribution < 1.29 is 19.2 Å². The molecule has 8 nitrogen and oxygen atoms in total. The van der Waals surface area contributed by atoms with Crippen LogP contribution in [-0.2, 0) is 17.6 Å². The maximum Gasteiger partial charge on any atom is 0.272 e. The van der Waals surface area contributed by atoms with Gasteiger partial charge in [0.1, 0.15) is 18.4 Å². The summed E-state index contributed by atoms with van der Waals surface area (Å²) in [7, 11) is 0. The molecule has 8 heteroatoms. The van der Waals surface area contributed by atoms with Crippen LogP contribution in [0, 0.1) is 17.0 Å². The molecule has 2 aromatic carbocycles. The van der Waals surface area contributed by atoms with E-state index in [0.29, 0.717) is 37.2 Å². The van der Waals surface area contributed by atoms with Crippen LogP contribution in [0.4, 0.5) is 5.69 Å². The normalized spacial score (nSPS) is 17.2. The van der Waals surface area contributed by atoms with Gasteiger partial charge in [-0.15, -0.1) is 0 Å². The van der Waals surface area contributed by atoms with Gasteiger partial charge in [-0.2, -0.15) is 0 Å². The van der Waals surface area contributed by atoms with Gasteiger partial charge in [-0.25, -0.2) is 0 Å². The van der Waals surface area contributed by atoms with Gasteiger partial charge in [0.15, 0.2) is 0 Å². The second-order valence-corrected chi connectivity index (χ2v) is 8.34. The van der Waals surface area contributed by atoms with Crippen LogP contribution in [0.1, 0.15) is 46.3 Å². The summed E-state index contributed by atoms with van der Waals surface area (Å²) in [5.74, 6) is 0.327. The largest absolute Gasteiger partial charge is 0.492 e. The molecule has 2 aromatic rings. The fourth-order valence-electron chi connectivity index (χ4n) is 4.54. The number of ether oxygens (including phenoxy) is 1. The molecule has 4 rings (SSSR count). The summed E-state index contributed by atoms with van der Waals surface area (Å²) in [6, 6.07) is 9.91. The molecular weight excluding hydrogens is 410 g/mol. The molecule has 1 saturated heterocycles. The minimum absolute atomic E-state index is 0.0272. The SMILES string of the molecule is Cc1cc(C(=O)N2CCCC2C(=O)NCCOc2ccc3c(c2)CCC3)ccc1[N+](=O)[O-]. The molecule has 0 bridgehead atoms. The van der Waals surface area contributed by atoms with Crippen LogP contribution in [0.3, 0.4) is 0 Å². The fourth-order valence-corrected chi connectivity index (χ4v) is 4.54. The lowest BCUT2D eigenvalue weighted by molar-refractivity contribution is -0.385. The smallest absolute Gasteiger partial charge is 0.272 e. The first-order chi connectivity index (χ1) is 15.4. The van der Waals surface area contributed by atoms with E-state index in [1.165, 1.54) is 35.7 Å². The highest BCUT2D eigenvalue weighted by molar-refractivity contribution is 5.98. The quantitative estimate of drug-likeness (QED) is 0.407. The molecule has 0 radical (unpaired) electrons. The van der Waals surface area contributed by atoms with Crippen molar-refractivity contribution in [3.63, 3.8) is 0 Å². The van der Waals surface area contributed by atoms with Gasteiger partial charge >= 0.3 is 0 Å². The Kier molecular flexibility index (Phi) is 6.39. The van der Waals surface area contributed by atoms with Gasteiger partial charge < -0.3 is 15.0 Å². The Balaban J connectivity index is 1.30. The Morgan fingerprint density at radius 3 is 2.75 bits per heavy atom. The molecule has 0 spiro atoms. The first-order valence-electron chi connectivity index (χ1n) is 11.0. The molecule has 1 fully saturated rings. The molecule has 1 aliphatic carbocycles. The highest BCUT2D eigenvalue weighted by atomic mass is 16.6. The monoisotopic (exact) mass is 437 g/mol. The highest BCUT2D eigenvalue weighted by Crippen LogP contribution is 2.26. The van der Waals surface area contributed by atoms with Gasteiger partial charge in [0.2, 0.25) is 5.91 Å². The Morgan fingerprint density at radius 1 is 1.16 bits per heavy atom. The molecule has 1 N–H and O–H groups in total. The zero-order chi connectivity index (χ0) is 22.7. The molecule has 2 aliphatic rings. The van der Waals surface area contributed by atoms with E-state index in [1.807, 2.05) is 6.07 Å². The lowest BCUT2D eigenvalue weighted by atomic mass is 10.1. The summed E-state index contributed by atoms with van der Waals surface area (Å²) in [4.78, 5) is 37.8. The van der Waals surface area contributed by atoms with Crippen molar-refractivity contribution in [2.75, 3.05) is 19.7 Å². The van der Waals surface area contributed by atoms with Crippen LogP contribution in [-0.4, -0.2) is 47.4 Å². The number of nitrogens with zero attached hydrogens (tertiary/aromatic N) is 2. The van der Waals surface area contributed by atoms with E-state index in [9.17, 15) is 19.7 Å². The zero-order valence-electron chi connectivity index (χ0n) is 18.1. The molecule has 1 atom stereocenters. The van der Waals surface area contributed by atoms with E-state index < -0.39 is 11.0 Å². The Hall–Kier alpha value is -3.42. The van der Waals surface area contributed by atoms with E-state index in [2.05, 4.69) is 17.4 Å². The molecule has 1 unspecified atom stereocenters. The number of aryl methyl sites for hydroxylation is 3. The zero-order valence-corrected chi connectivity index (χ0v) is 18.1. The van der Waals surface area contributed by atoms with E-state index in [-0.39, 0.29) is 17.5 Å². The number of nitro benzene ring substituents is 1. The number of rotatable bonds is 7. The number of hydrogen-bond donors (Lipinski definition) is 1. The number of carbonyl (C=O) groups excluding carboxylic acids is 2. The number of benzene rings is 2. The number of nitro groups is 1. The Labute approximate surface area is 186 Å². The number of amides is 2. The molecule has 2 amide bonds. The predicted octanol–water partition coefficient (Wildman–Crippen LogP) is 3.19. The van der Waals surface area contributed by atoms with Crippen LogP contribution in [0.5, 0.6) is 5.75 Å². The van der Waals surface area contributed by atoms with Crippen LogP contribution in [0.2, 0.25) is 0 Å². The van der Waals surface area contributed by atoms with Crippen molar-refractivity contribution in [3.8, 4) is 5.75 Å². The van der Waals surface area contributed by atoms with Gasteiger partial charge in [-0.3, -0.25) is 19.7 Å². The molecule has 0 aromatic heterocycles. The van der Waals surface area contributed by atoms with Crippen molar-refractivity contribution >= 4 is 17.5 Å². The van der Waals surface area contributed by atoms with Crippen LogP contribution >= 0.6 is 0 Å². The summed E-state index contributed by atoms with van der Waals surface area (Å²) < 4.78 is 5.78. The second-order valence-electron chi connectivity index (χ2n) is 8.34. The van der Waals surface area contributed by atoms with Crippen molar-refractivity contribution in [1.29, 1.82) is 0 Å². The summed E-state index contributed by atoms with van der Waals surface area (Å²) >= 11 is 0. The van der Waals surface area contributed by atoms with Crippen LogP contribution in [0.25, 0.3) is 0 Å². The third kappa shape index (κ3) is 4.59. The third-order valence-electron chi connectivity index (χ3n) is 6.20. The van der Waals surface area contributed by atoms with Gasteiger partial charge in [0.05, 0.1) is 11.5 Å². The first kappa shape index (κ1) is 21.8. The lowest BCUT2D eigenvalue weighted by Gasteiger charge is -2.24.